The molecule has 0 aromatic carbocycles. The van der Waals surface area contributed by atoms with Crippen LogP contribution in [-0.4, -0.2) is 28.7 Å². The van der Waals surface area contributed by atoms with Crippen molar-refractivity contribution in [1.82, 2.24) is 4.90 Å². The van der Waals surface area contributed by atoms with Gasteiger partial charge in [0.2, 0.25) is 0 Å². The predicted octanol–water partition coefficient (Wildman–Crippen LogP) is 2.99. The van der Waals surface area contributed by atoms with Gasteiger partial charge in [-0.05, 0) is 23.8 Å². The Morgan fingerprint density at radius 2 is 2.53 bits per heavy atom. The molecule has 2 heterocycles. The lowest BCUT2D eigenvalue weighted by molar-refractivity contribution is 0.0743. The monoisotopic (exact) mass is 287 g/mol. The molecule has 4 heteroatoms. The number of carbonyl (C=O) groups excluding carboxylic acids is 1. The van der Waals surface area contributed by atoms with Crippen LogP contribution in [0.2, 0.25) is 0 Å². The van der Waals surface area contributed by atoms with Crippen molar-refractivity contribution in [2.75, 3.05) is 11.9 Å². The molecule has 0 bridgehead atoms. The molecule has 1 amide bonds. The summed E-state index contributed by atoms with van der Waals surface area (Å²) in [5.74, 6) is 0.798. The third-order valence-corrected chi connectivity index (χ3v) is 4.55. The Morgan fingerprint density at radius 3 is 3.13 bits per heavy atom. The van der Waals surface area contributed by atoms with Gasteiger partial charge in [0.05, 0.1) is 4.88 Å². The standard InChI is InChI=1S/C11H14BrNOS/c1-8-4-5-13(9(8)7-12)11(14)10-3-2-6-15-10/h2-3,6,8-9H,4-5,7H2,1H3. The number of rotatable bonds is 2. The van der Waals surface area contributed by atoms with Gasteiger partial charge in [-0.15, -0.1) is 11.3 Å². The molecule has 1 saturated heterocycles. The number of alkyl halides is 1. The van der Waals surface area contributed by atoms with Gasteiger partial charge in [-0.2, -0.15) is 0 Å². The highest BCUT2D eigenvalue weighted by Crippen LogP contribution is 2.27. The Hall–Kier alpha value is -0.350. The topological polar surface area (TPSA) is 20.3 Å². The average Bonchev–Trinajstić information content (AvgIpc) is 2.85. The van der Waals surface area contributed by atoms with Gasteiger partial charge in [0, 0.05) is 17.9 Å². The maximum Gasteiger partial charge on any atom is 0.264 e. The fraction of sp³-hybridized carbons (Fsp3) is 0.545. The van der Waals surface area contributed by atoms with Gasteiger partial charge < -0.3 is 4.90 Å². The molecule has 1 fully saturated rings. The van der Waals surface area contributed by atoms with E-state index in [-0.39, 0.29) is 5.91 Å². The van der Waals surface area contributed by atoms with E-state index in [1.54, 1.807) is 0 Å². The zero-order valence-corrected chi connectivity index (χ0v) is 11.1. The van der Waals surface area contributed by atoms with Crippen LogP contribution in [0.5, 0.6) is 0 Å². The third kappa shape index (κ3) is 2.11. The molecular formula is C11H14BrNOS. The fourth-order valence-electron chi connectivity index (χ4n) is 2.04. The van der Waals surface area contributed by atoms with E-state index in [1.165, 1.54) is 11.3 Å². The van der Waals surface area contributed by atoms with Crippen molar-refractivity contribution in [3.8, 4) is 0 Å². The van der Waals surface area contributed by atoms with Crippen LogP contribution < -0.4 is 0 Å². The molecule has 0 spiro atoms. The molecular weight excluding hydrogens is 274 g/mol. The van der Waals surface area contributed by atoms with Crippen molar-refractivity contribution in [3.63, 3.8) is 0 Å². The van der Waals surface area contributed by atoms with Crippen molar-refractivity contribution < 1.29 is 4.79 Å². The Kier molecular flexibility index (Phi) is 3.46. The smallest absolute Gasteiger partial charge is 0.264 e. The first-order valence-corrected chi connectivity index (χ1v) is 7.14. The molecule has 0 saturated carbocycles. The lowest BCUT2D eigenvalue weighted by atomic mass is 10.1. The van der Waals surface area contributed by atoms with Gasteiger partial charge in [0.25, 0.3) is 5.91 Å². The van der Waals surface area contributed by atoms with Crippen LogP contribution in [0.15, 0.2) is 17.5 Å². The zero-order chi connectivity index (χ0) is 10.8. The van der Waals surface area contributed by atoms with E-state index in [2.05, 4.69) is 22.9 Å². The molecule has 15 heavy (non-hydrogen) atoms. The number of amides is 1. The first-order valence-electron chi connectivity index (χ1n) is 5.14. The molecule has 2 unspecified atom stereocenters. The highest BCUT2D eigenvalue weighted by atomic mass is 79.9. The summed E-state index contributed by atoms with van der Waals surface area (Å²) >= 11 is 5.02. The van der Waals surface area contributed by atoms with E-state index >= 15 is 0 Å². The van der Waals surface area contributed by atoms with Gasteiger partial charge in [0.15, 0.2) is 0 Å². The summed E-state index contributed by atoms with van der Waals surface area (Å²) in [5.41, 5.74) is 0. The van der Waals surface area contributed by atoms with Crippen molar-refractivity contribution in [3.05, 3.63) is 22.4 Å². The third-order valence-electron chi connectivity index (χ3n) is 3.03. The van der Waals surface area contributed by atoms with Crippen molar-refractivity contribution in [2.24, 2.45) is 5.92 Å². The summed E-state index contributed by atoms with van der Waals surface area (Å²) in [6.45, 7) is 3.11. The molecule has 1 aromatic rings. The van der Waals surface area contributed by atoms with E-state index in [0.29, 0.717) is 12.0 Å². The average molecular weight is 288 g/mol. The first kappa shape index (κ1) is 11.1. The summed E-state index contributed by atoms with van der Waals surface area (Å²) in [5, 5.41) is 2.83. The van der Waals surface area contributed by atoms with Crippen LogP contribution in [-0.2, 0) is 0 Å². The van der Waals surface area contributed by atoms with E-state index in [0.717, 1.165) is 23.2 Å². The zero-order valence-electron chi connectivity index (χ0n) is 8.65. The van der Waals surface area contributed by atoms with Crippen molar-refractivity contribution >= 4 is 33.2 Å². The Labute approximate surface area is 102 Å². The molecule has 0 N–H and O–H groups in total. The quantitative estimate of drug-likeness (QED) is 0.766. The number of carbonyl (C=O) groups is 1. The summed E-state index contributed by atoms with van der Waals surface area (Å²) in [6, 6.07) is 4.20. The Morgan fingerprint density at radius 1 is 1.73 bits per heavy atom. The summed E-state index contributed by atoms with van der Waals surface area (Å²) in [6.07, 6.45) is 1.12. The van der Waals surface area contributed by atoms with Crippen LogP contribution >= 0.6 is 27.3 Å². The summed E-state index contributed by atoms with van der Waals surface area (Å²) in [7, 11) is 0. The molecule has 1 aromatic heterocycles. The van der Waals surface area contributed by atoms with Crippen LogP contribution in [0.1, 0.15) is 23.0 Å². The molecule has 0 aliphatic carbocycles. The molecule has 82 valence electrons. The fourth-order valence-corrected chi connectivity index (χ4v) is 3.70. The van der Waals surface area contributed by atoms with Gasteiger partial charge in [-0.25, -0.2) is 0 Å². The summed E-state index contributed by atoms with van der Waals surface area (Å²) < 4.78 is 0. The van der Waals surface area contributed by atoms with E-state index in [1.807, 2.05) is 22.4 Å². The minimum atomic E-state index is 0.193. The maximum atomic E-state index is 12.1. The van der Waals surface area contributed by atoms with Gasteiger partial charge >= 0.3 is 0 Å². The lowest BCUT2D eigenvalue weighted by Gasteiger charge is -2.24. The molecule has 0 radical (unpaired) electrons. The Balaban J connectivity index is 2.14. The second kappa shape index (κ2) is 4.66. The maximum absolute atomic E-state index is 12.1. The van der Waals surface area contributed by atoms with Gasteiger partial charge in [-0.3, -0.25) is 4.79 Å². The van der Waals surface area contributed by atoms with E-state index < -0.39 is 0 Å². The lowest BCUT2D eigenvalue weighted by Crippen LogP contribution is -2.38. The number of halogens is 1. The molecule has 2 atom stereocenters. The molecule has 2 nitrogen and oxygen atoms in total. The highest BCUT2D eigenvalue weighted by Gasteiger charge is 2.34. The molecule has 2 rings (SSSR count). The van der Waals surface area contributed by atoms with E-state index in [4.69, 9.17) is 0 Å². The molecule has 1 aliphatic rings. The largest absolute Gasteiger partial charge is 0.334 e. The van der Waals surface area contributed by atoms with Gasteiger partial charge in [-0.1, -0.05) is 28.9 Å². The van der Waals surface area contributed by atoms with Crippen molar-refractivity contribution in [1.29, 1.82) is 0 Å². The SMILES string of the molecule is CC1CCN(C(=O)c2cccs2)C1CBr. The second-order valence-electron chi connectivity index (χ2n) is 3.96. The number of hydrogen-bond donors (Lipinski definition) is 0. The number of thiophene rings is 1. The number of hydrogen-bond acceptors (Lipinski definition) is 2. The number of nitrogens with zero attached hydrogens (tertiary/aromatic N) is 1. The molecule has 1 aliphatic heterocycles. The summed E-state index contributed by atoms with van der Waals surface area (Å²) in [4.78, 5) is 15.0. The minimum Gasteiger partial charge on any atom is -0.334 e. The highest BCUT2D eigenvalue weighted by molar-refractivity contribution is 9.09. The van der Waals surface area contributed by atoms with Crippen molar-refractivity contribution in [2.45, 2.75) is 19.4 Å². The van der Waals surface area contributed by atoms with Gasteiger partial charge in [0.1, 0.15) is 0 Å². The Bertz CT molecular complexity index is 338. The normalized spacial score (nSPS) is 25.9. The number of likely N-dealkylation sites (tertiary alicyclic amines) is 1. The van der Waals surface area contributed by atoms with E-state index in [9.17, 15) is 4.79 Å². The minimum absolute atomic E-state index is 0.193. The van der Waals surface area contributed by atoms with Crippen LogP contribution in [0.4, 0.5) is 0 Å². The second-order valence-corrected chi connectivity index (χ2v) is 5.56. The van der Waals surface area contributed by atoms with Crippen LogP contribution in [0, 0.1) is 5.92 Å². The first-order chi connectivity index (χ1) is 7.24. The van der Waals surface area contributed by atoms with Crippen LogP contribution in [0.25, 0.3) is 0 Å². The van der Waals surface area contributed by atoms with Crippen LogP contribution in [0.3, 0.4) is 0 Å². The predicted molar refractivity (Wildman–Crippen MR) is 66.7 cm³/mol.